The molecule has 0 unspecified atom stereocenters. The van der Waals surface area contributed by atoms with Crippen molar-refractivity contribution in [1.82, 2.24) is 0 Å². The van der Waals surface area contributed by atoms with E-state index >= 15 is 0 Å². The van der Waals surface area contributed by atoms with Gasteiger partial charge in [-0.1, -0.05) is 66.2 Å². The fourth-order valence-electron chi connectivity index (χ4n) is 2.20. The molecule has 0 bridgehead atoms. The first-order valence-electron chi connectivity index (χ1n) is 7.67. The van der Waals surface area contributed by atoms with Crippen LogP contribution >= 0.6 is 34.3 Å². The molecule has 2 heterocycles. The van der Waals surface area contributed by atoms with Gasteiger partial charge in [0.05, 0.1) is 4.88 Å². The van der Waals surface area contributed by atoms with Gasteiger partial charge in [0.1, 0.15) is 0 Å². The average Bonchev–Trinajstić information content (AvgIpc) is 3.37. The molecule has 0 saturated heterocycles. The van der Waals surface area contributed by atoms with E-state index in [9.17, 15) is 4.79 Å². The highest BCUT2D eigenvalue weighted by molar-refractivity contribution is 7.13. The van der Waals surface area contributed by atoms with Gasteiger partial charge in [0, 0.05) is 15.5 Å². The van der Waals surface area contributed by atoms with E-state index in [-0.39, 0.29) is 5.78 Å². The maximum atomic E-state index is 11.7. The first kappa shape index (κ1) is 17.6. The van der Waals surface area contributed by atoms with Crippen molar-refractivity contribution >= 4 is 40.1 Å². The fourth-order valence-corrected chi connectivity index (χ4v) is 3.74. The van der Waals surface area contributed by atoms with Crippen LogP contribution in [-0.2, 0) is 0 Å². The monoisotopic (exact) mass is 382 g/mol. The Morgan fingerprint density at radius 2 is 1.40 bits per heavy atom. The van der Waals surface area contributed by atoms with E-state index in [1.54, 1.807) is 11.3 Å². The van der Waals surface area contributed by atoms with Crippen LogP contribution in [-0.4, -0.2) is 5.78 Å². The number of carbonyl (C=O) groups is 1. The van der Waals surface area contributed by atoms with E-state index < -0.39 is 0 Å². The largest absolute Gasteiger partial charge is 0.288 e. The molecule has 4 aromatic rings. The number of ketones is 1. The molecule has 0 aliphatic rings. The SMILES string of the molecule is Clc1ccc(-c2cccs2)cc1.O=C(c1ccccc1)c1cccs1. The second-order valence-electron chi connectivity index (χ2n) is 5.16. The molecule has 2 aromatic heterocycles. The highest BCUT2D eigenvalue weighted by Gasteiger charge is 2.07. The molecule has 25 heavy (non-hydrogen) atoms. The van der Waals surface area contributed by atoms with Crippen molar-refractivity contribution < 1.29 is 4.79 Å². The second-order valence-corrected chi connectivity index (χ2v) is 7.49. The first-order valence-corrected chi connectivity index (χ1v) is 9.80. The quantitative estimate of drug-likeness (QED) is 0.347. The highest BCUT2D eigenvalue weighted by Crippen LogP contribution is 2.25. The Bertz CT molecular complexity index is 896. The number of benzene rings is 2. The van der Waals surface area contributed by atoms with Crippen LogP contribution in [0.1, 0.15) is 15.2 Å². The predicted octanol–water partition coefficient (Wildman–Crippen LogP) is 7.05. The summed E-state index contributed by atoms with van der Waals surface area (Å²) in [6.45, 7) is 0. The van der Waals surface area contributed by atoms with Crippen LogP contribution in [0.2, 0.25) is 5.02 Å². The van der Waals surface area contributed by atoms with E-state index in [1.165, 1.54) is 21.8 Å². The van der Waals surface area contributed by atoms with Crippen LogP contribution in [0.3, 0.4) is 0 Å². The van der Waals surface area contributed by atoms with Crippen molar-refractivity contribution in [3.8, 4) is 10.4 Å². The topological polar surface area (TPSA) is 17.1 Å². The first-order chi connectivity index (χ1) is 12.2. The molecule has 0 spiro atoms. The summed E-state index contributed by atoms with van der Waals surface area (Å²) >= 11 is 8.99. The number of hydrogen-bond acceptors (Lipinski definition) is 3. The Morgan fingerprint density at radius 3 is 2.00 bits per heavy atom. The number of carbonyl (C=O) groups excluding carboxylic acids is 1. The Balaban J connectivity index is 0.000000146. The molecule has 4 rings (SSSR count). The number of hydrogen-bond donors (Lipinski definition) is 0. The second kappa shape index (κ2) is 8.77. The lowest BCUT2D eigenvalue weighted by atomic mass is 10.1. The van der Waals surface area contributed by atoms with Crippen LogP contribution in [0.4, 0.5) is 0 Å². The Labute approximate surface area is 160 Å². The van der Waals surface area contributed by atoms with Gasteiger partial charge in [-0.3, -0.25) is 4.79 Å². The lowest BCUT2D eigenvalue weighted by Gasteiger charge is -1.95. The molecule has 124 valence electrons. The van der Waals surface area contributed by atoms with Crippen LogP contribution in [0, 0.1) is 0 Å². The van der Waals surface area contributed by atoms with Crippen LogP contribution in [0.5, 0.6) is 0 Å². The lowest BCUT2D eigenvalue weighted by molar-refractivity contribution is 0.104. The van der Waals surface area contributed by atoms with Gasteiger partial charge >= 0.3 is 0 Å². The van der Waals surface area contributed by atoms with Gasteiger partial charge in [-0.15, -0.1) is 22.7 Å². The molecule has 0 radical (unpaired) electrons. The van der Waals surface area contributed by atoms with Gasteiger partial charge in [-0.05, 0) is 40.6 Å². The normalized spacial score (nSPS) is 9.96. The minimum Gasteiger partial charge on any atom is -0.288 e. The third-order valence-electron chi connectivity index (χ3n) is 3.43. The average molecular weight is 383 g/mol. The van der Waals surface area contributed by atoms with Crippen molar-refractivity contribution in [1.29, 1.82) is 0 Å². The van der Waals surface area contributed by atoms with Gasteiger partial charge in [-0.25, -0.2) is 0 Å². The predicted molar refractivity (Wildman–Crippen MR) is 109 cm³/mol. The zero-order valence-electron chi connectivity index (χ0n) is 13.3. The third kappa shape index (κ3) is 4.89. The Kier molecular flexibility index (Phi) is 6.18. The molecular formula is C21H15ClOS2. The van der Waals surface area contributed by atoms with Crippen LogP contribution in [0.25, 0.3) is 10.4 Å². The van der Waals surface area contributed by atoms with E-state index in [4.69, 9.17) is 11.6 Å². The van der Waals surface area contributed by atoms with E-state index in [0.717, 1.165) is 15.5 Å². The maximum absolute atomic E-state index is 11.7. The van der Waals surface area contributed by atoms with Crippen molar-refractivity contribution in [3.63, 3.8) is 0 Å². The van der Waals surface area contributed by atoms with Crippen molar-refractivity contribution in [2.75, 3.05) is 0 Å². The Morgan fingerprint density at radius 1 is 0.720 bits per heavy atom. The van der Waals surface area contributed by atoms with Crippen molar-refractivity contribution in [2.45, 2.75) is 0 Å². The number of thiophene rings is 2. The van der Waals surface area contributed by atoms with Gasteiger partial charge in [0.25, 0.3) is 0 Å². The van der Waals surface area contributed by atoms with Gasteiger partial charge in [0.2, 0.25) is 5.78 Å². The molecule has 2 aromatic carbocycles. The maximum Gasteiger partial charge on any atom is 0.202 e. The summed E-state index contributed by atoms with van der Waals surface area (Å²) in [6.07, 6.45) is 0. The molecule has 1 nitrogen and oxygen atoms in total. The van der Waals surface area contributed by atoms with Crippen molar-refractivity contribution in [2.24, 2.45) is 0 Å². The summed E-state index contributed by atoms with van der Waals surface area (Å²) in [5.74, 6) is 0.107. The zero-order chi connectivity index (χ0) is 17.5. The highest BCUT2D eigenvalue weighted by atomic mass is 35.5. The lowest BCUT2D eigenvalue weighted by Crippen LogP contribution is -1.96. The summed E-state index contributed by atoms with van der Waals surface area (Å²) in [7, 11) is 0. The van der Waals surface area contributed by atoms with Crippen molar-refractivity contribution in [3.05, 3.63) is 105 Å². The zero-order valence-corrected chi connectivity index (χ0v) is 15.7. The van der Waals surface area contributed by atoms with Crippen LogP contribution in [0.15, 0.2) is 89.6 Å². The molecule has 0 fully saturated rings. The summed E-state index contributed by atoms with van der Waals surface area (Å²) in [5.41, 5.74) is 1.99. The molecule has 0 amide bonds. The van der Waals surface area contributed by atoms with E-state index in [1.807, 2.05) is 72.1 Å². The summed E-state index contributed by atoms with van der Waals surface area (Å²) in [5, 5.41) is 4.77. The fraction of sp³-hybridized carbons (Fsp3) is 0. The van der Waals surface area contributed by atoms with Crippen LogP contribution < -0.4 is 0 Å². The number of halogens is 1. The standard InChI is InChI=1S/C11H8OS.C10H7ClS/c12-11(10-7-4-8-13-10)9-5-2-1-3-6-9;11-9-5-3-8(4-6-9)10-2-1-7-12-10/h1-8H;1-7H. The molecule has 0 atom stereocenters. The minimum atomic E-state index is 0.107. The van der Waals surface area contributed by atoms with Gasteiger partial charge in [0.15, 0.2) is 0 Å². The molecule has 0 N–H and O–H groups in total. The molecule has 4 heteroatoms. The van der Waals surface area contributed by atoms with Gasteiger partial charge < -0.3 is 0 Å². The van der Waals surface area contributed by atoms with Gasteiger partial charge in [-0.2, -0.15) is 0 Å². The summed E-state index contributed by atoms with van der Waals surface area (Å²) in [4.78, 5) is 13.8. The summed E-state index contributed by atoms with van der Waals surface area (Å²) in [6, 6.07) is 25.1. The third-order valence-corrected chi connectivity index (χ3v) is 5.47. The van der Waals surface area contributed by atoms with E-state index in [0.29, 0.717) is 0 Å². The molecule has 0 aliphatic carbocycles. The Hall–Kier alpha value is -2.20. The smallest absolute Gasteiger partial charge is 0.202 e. The molecule has 0 saturated carbocycles. The molecular weight excluding hydrogens is 368 g/mol. The van der Waals surface area contributed by atoms with E-state index in [2.05, 4.69) is 17.5 Å². The molecule has 0 aliphatic heterocycles. The number of rotatable bonds is 3. The summed E-state index contributed by atoms with van der Waals surface area (Å²) < 4.78 is 0. The minimum absolute atomic E-state index is 0.107.